The van der Waals surface area contributed by atoms with Crippen molar-refractivity contribution >= 4 is 15.9 Å². The van der Waals surface area contributed by atoms with E-state index in [-0.39, 0.29) is 17.9 Å². The Morgan fingerprint density at radius 3 is 2.68 bits per heavy atom. The zero-order chi connectivity index (χ0) is 13.8. The van der Waals surface area contributed by atoms with E-state index in [2.05, 4.69) is 15.9 Å². The SMILES string of the molecule is N#Cc1cc(CO)ccc1Oc1cc(F)ccc1Br. The Kier molecular flexibility index (Phi) is 4.15. The number of rotatable bonds is 3. The first-order valence-corrected chi connectivity index (χ1v) is 6.20. The second-order valence-corrected chi connectivity index (χ2v) is 4.63. The molecule has 0 spiro atoms. The molecule has 96 valence electrons. The molecule has 0 unspecified atom stereocenters. The highest BCUT2D eigenvalue weighted by Gasteiger charge is 2.09. The third-order valence-electron chi connectivity index (χ3n) is 2.46. The van der Waals surface area contributed by atoms with Crippen molar-refractivity contribution in [3.63, 3.8) is 0 Å². The Morgan fingerprint density at radius 2 is 2.00 bits per heavy atom. The molecule has 0 aliphatic carbocycles. The lowest BCUT2D eigenvalue weighted by Gasteiger charge is -2.10. The van der Waals surface area contributed by atoms with E-state index >= 15 is 0 Å². The van der Waals surface area contributed by atoms with E-state index in [0.29, 0.717) is 15.8 Å². The second kappa shape index (κ2) is 5.83. The first-order chi connectivity index (χ1) is 9.13. The maximum Gasteiger partial charge on any atom is 0.145 e. The molecular weight excluding hydrogens is 313 g/mol. The summed E-state index contributed by atoms with van der Waals surface area (Å²) in [6.07, 6.45) is 0. The topological polar surface area (TPSA) is 53.2 Å². The molecule has 0 bridgehead atoms. The van der Waals surface area contributed by atoms with E-state index in [1.807, 2.05) is 6.07 Å². The Morgan fingerprint density at radius 1 is 1.21 bits per heavy atom. The van der Waals surface area contributed by atoms with E-state index < -0.39 is 5.82 Å². The molecule has 1 N–H and O–H groups in total. The van der Waals surface area contributed by atoms with Gasteiger partial charge in [-0.15, -0.1) is 0 Å². The molecule has 3 nitrogen and oxygen atoms in total. The number of benzene rings is 2. The van der Waals surface area contributed by atoms with Gasteiger partial charge in [-0.25, -0.2) is 4.39 Å². The summed E-state index contributed by atoms with van der Waals surface area (Å²) in [5, 5.41) is 18.1. The zero-order valence-electron chi connectivity index (χ0n) is 9.73. The van der Waals surface area contributed by atoms with Gasteiger partial charge in [-0.1, -0.05) is 6.07 Å². The quantitative estimate of drug-likeness (QED) is 0.936. The van der Waals surface area contributed by atoms with Crippen molar-refractivity contribution in [2.75, 3.05) is 0 Å². The molecule has 0 aliphatic rings. The molecule has 0 heterocycles. The monoisotopic (exact) mass is 321 g/mol. The van der Waals surface area contributed by atoms with Crippen molar-refractivity contribution in [3.05, 3.63) is 57.8 Å². The van der Waals surface area contributed by atoms with E-state index in [0.717, 1.165) is 0 Å². The molecule has 0 saturated heterocycles. The van der Waals surface area contributed by atoms with Crippen LogP contribution in [-0.4, -0.2) is 5.11 Å². The van der Waals surface area contributed by atoms with Gasteiger partial charge in [0.1, 0.15) is 23.4 Å². The predicted octanol–water partition coefficient (Wildman–Crippen LogP) is 3.74. The molecule has 0 atom stereocenters. The van der Waals surface area contributed by atoms with Crippen molar-refractivity contribution in [2.45, 2.75) is 6.61 Å². The molecule has 19 heavy (non-hydrogen) atoms. The minimum atomic E-state index is -0.427. The zero-order valence-corrected chi connectivity index (χ0v) is 11.3. The number of aliphatic hydroxyl groups is 1. The van der Waals surface area contributed by atoms with Gasteiger partial charge in [0, 0.05) is 6.07 Å². The van der Waals surface area contributed by atoms with Gasteiger partial charge in [-0.05, 0) is 45.8 Å². The molecule has 2 aromatic carbocycles. The average Bonchev–Trinajstić information content (AvgIpc) is 2.43. The predicted molar refractivity (Wildman–Crippen MR) is 71.3 cm³/mol. The van der Waals surface area contributed by atoms with Crippen LogP contribution in [0.2, 0.25) is 0 Å². The first kappa shape index (κ1) is 13.5. The van der Waals surface area contributed by atoms with Gasteiger partial charge < -0.3 is 9.84 Å². The van der Waals surface area contributed by atoms with E-state index in [9.17, 15) is 4.39 Å². The summed E-state index contributed by atoms with van der Waals surface area (Å²) in [4.78, 5) is 0. The minimum Gasteiger partial charge on any atom is -0.455 e. The molecule has 2 aromatic rings. The summed E-state index contributed by atoms with van der Waals surface area (Å²) >= 11 is 3.25. The number of aliphatic hydroxyl groups excluding tert-OH is 1. The molecule has 5 heteroatoms. The van der Waals surface area contributed by atoms with Gasteiger partial charge in [0.2, 0.25) is 0 Å². The molecule has 0 fully saturated rings. The lowest BCUT2D eigenvalue weighted by atomic mass is 10.1. The van der Waals surface area contributed by atoms with E-state index in [1.165, 1.54) is 24.3 Å². The van der Waals surface area contributed by atoms with Crippen LogP contribution in [0.3, 0.4) is 0 Å². The highest BCUT2D eigenvalue weighted by Crippen LogP contribution is 2.32. The van der Waals surface area contributed by atoms with Crippen LogP contribution in [0.1, 0.15) is 11.1 Å². The van der Waals surface area contributed by atoms with Crippen LogP contribution in [0.4, 0.5) is 4.39 Å². The van der Waals surface area contributed by atoms with E-state index in [1.54, 1.807) is 12.1 Å². The average molecular weight is 322 g/mol. The Bertz CT molecular complexity index is 652. The van der Waals surface area contributed by atoms with Gasteiger partial charge in [0.25, 0.3) is 0 Å². The normalized spacial score (nSPS) is 10.0. The van der Waals surface area contributed by atoms with Crippen LogP contribution in [0.15, 0.2) is 40.9 Å². The molecule has 2 rings (SSSR count). The Balaban J connectivity index is 2.38. The van der Waals surface area contributed by atoms with Gasteiger partial charge in [-0.2, -0.15) is 5.26 Å². The summed E-state index contributed by atoms with van der Waals surface area (Å²) in [5.74, 6) is 0.169. The highest BCUT2D eigenvalue weighted by atomic mass is 79.9. The highest BCUT2D eigenvalue weighted by molar-refractivity contribution is 9.10. The third-order valence-corrected chi connectivity index (χ3v) is 3.12. The summed E-state index contributed by atoms with van der Waals surface area (Å²) in [5.41, 5.74) is 0.893. The smallest absolute Gasteiger partial charge is 0.145 e. The standard InChI is InChI=1S/C14H9BrFNO2/c15-12-3-2-11(16)6-14(12)19-13-4-1-9(8-18)5-10(13)7-17/h1-6,18H,8H2. The van der Waals surface area contributed by atoms with Gasteiger partial charge >= 0.3 is 0 Å². The maximum absolute atomic E-state index is 13.2. The number of hydrogen-bond acceptors (Lipinski definition) is 3. The number of hydrogen-bond donors (Lipinski definition) is 1. The summed E-state index contributed by atoms with van der Waals surface area (Å²) in [7, 11) is 0. The van der Waals surface area contributed by atoms with E-state index in [4.69, 9.17) is 15.1 Å². The van der Waals surface area contributed by atoms with Gasteiger partial charge in [0.05, 0.1) is 16.6 Å². The Labute approximate surface area is 118 Å². The van der Waals surface area contributed by atoms with Gasteiger partial charge in [0.15, 0.2) is 0 Å². The van der Waals surface area contributed by atoms with Crippen LogP contribution in [0.5, 0.6) is 11.5 Å². The number of ether oxygens (including phenoxy) is 1. The lowest BCUT2D eigenvalue weighted by Crippen LogP contribution is -1.92. The molecule has 0 saturated carbocycles. The fourth-order valence-electron chi connectivity index (χ4n) is 1.53. The van der Waals surface area contributed by atoms with Crippen LogP contribution in [0.25, 0.3) is 0 Å². The molecule has 0 amide bonds. The fraction of sp³-hybridized carbons (Fsp3) is 0.0714. The van der Waals surface area contributed by atoms with Crippen LogP contribution in [0, 0.1) is 17.1 Å². The lowest BCUT2D eigenvalue weighted by molar-refractivity contribution is 0.281. The van der Waals surface area contributed by atoms with Crippen molar-refractivity contribution in [2.24, 2.45) is 0 Å². The second-order valence-electron chi connectivity index (χ2n) is 3.78. The minimum absolute atomic E-state index is 0.154. The molecule has 0 aliphatic heterocycles. The molecule has 0 aromatic heterocycles. The molecular formula is C14H9BrFNO2. The maximum atomic E-state index is 13.2. The van der Waals surface area contributed by atoms with Crippen LogP contribution in [-0.2, 0) is 6.61 Å². The van der Waals surface area contributed by atoms with Crippen molar-refractivity contribution in [3.8, 4) is 17.6 Å². The number of halogens is 2. The summed E-state index contributed by atoms with van der Waals surface area (Å²) < 4.78 is 19.3. The first-order valence-electron chi connectivity index (χ1n) is 5.41. The summed E-state index contributed by atoms with van der Waals surface area (Å²) in [6.45, 7) is -0.154. The third kappa shape index (κ3) is 3.11. The van der Waals surface area contributed by atoms with Crippen LogP contribution < -0.4 is 4.74 Å². The largest absolute Gasteiger partial charge is 0.455 e. The summed E-state index contributed by atoms with van der Waals surface area (Å²) in [6, 6.07) is 10.8. The van der Waals surface area contributed by atoms with Crippen molar-refractivity contribution in [1.82, 2.24) is 0 Å². The number of nitrogens with zero attached hydrogens (tertiary/aromatic N) is 1. The van der Waals surface area contributed by atoms with Crippen LogP contribution >= 0.6 is 15.9 Å². The molecule has 0 radical (unpaired) electrons. The van der Waals surface area contributed by atoms with Crippen molar-refractivity contribution < 1.29 is 14.2 Å². The fourth-order valence-corrected chi connectivity index (χ4v) is 1.85. The van der Waals surface area contributed by atoms with Gasteiger partial charge in [-0.3, -0.25) is 0 Å². The Hall–Kier alpha value is -1.90. The number of nitriles is 1. The van der Waals surface area contributed by atoms with Crippen molar-refractivity contribution in [1.29, 1.82) is 5.26 Å².